The van der Waals surface area contributed by atoms with Crippen molar-refractivity contribution in [2.75, 3.05) is 6.54 Å². The maximum atomic E-state index is 12.5. The van der Waals surface area contributed by atoms with E-state index >= 15 is 0 Å². The van der Waals surface area contributed by atoms with Crippen molar-refractivity contribution in [3.8, 4) is 5.69 Å². The normalized spacial score (nSPS) is 20.5. The number of benzene rings is 1. The van der Waals surface area contributed by atoms with Crippen LogP contribution in [0, 0.1) is 10.1 Å². The molecule has 1 aliphatic rings. The second-order valence-electron chi connectivity index (χ2n) is 5.90. The van der Waals surface area contributed by atoms with Crippen LogP contribution >= 0.6 is 0 Å². The first-order valence-electron chi connectivity index (χ1n) is 7.87. The van der Waals surface area contributed by atoms with Crippen LogP contribution in [0.15, 0.2) is 36.9 Å². The number of amides is 1. The molecule has 0 aliphatic carbocycles. The van der Waals surface area contributed by atoms with E-state index in [1.165, 1.54) is 12.4 Å². The highest BCUT2D eigenvalue weighted by molar-refractivity contribution is 5.95. The molecule has 1 amide bonds. The molecular formula is C16H19N5O3. The molecule has 1 aromatic carbocycles. The highest BCUT2D eigenvalue weighted by Crippen LogP contribution is 2.24. The number of nitrogens with zero attached hydrogens (tertiary/aromatic N) is 3. The number of carbonyl (C=O) groups is 1. The monoisotopic (exact) mass is 329 g/mol. The van der Waals surface area contributed by atoms with Gasteiger partial charge in [0.15, 0.2) is 0 Å². The molecule has 1 aliphatic heterocycles. The fourth-order valence-electron chi connectivity index (χ4n) is 2.92. The molecule has 8 nitrogen and oxygen atoms in total. The number of hydrogen-bond donors (Lipinski definition) is 2. The molecule has 1 fully saturated rings. The molecule has 1 aromatic heterocycles. The van der Waals surface area contributed by atoms with E-state index in [-0.39, 0.29) is 29.2 Å². The molecule has 2 N–H and O–H groups in total. The summed E-state index contributed by atoms with van der Waals surface area (Å²) in [6, 6.07) is 4.68. The fraction of sp³-hybridized carbons (Fsp3) is 0.375. The highest BCUT2D eigenvalue weighted by atomic mass is 16.6. The number of carbonyl (C=O) groups excluding carboxylic acids is 1. The standard InChI is InChI=1S/C16H19N5O3/c1-11-13(3-2-6-18-11)19-16(22)12-4-5-14(15(9-12)21(23)24)20-8-7-17-10-20/h4-5,7-11,13,18H,2-3,6H2,1H3,(H,19,22). The minimum Gasteiger partial charge on any atom is -0.348 e. The smallest absolute Gasteiger partial charge is 0.294 e. The summed E-state index contributed by atoms with van der Waals surface area (Å²) in [5, 5.41) is 17.6. The van der Waals surface area contributed by atoms with E-state index in [0.717, 1.165) is 19.4 Å². The van der Waals surface area contributed by atoms with Crippen molar-refractivity contribution >= 4 is 11.6 Å². The zero-order valence-corrected chi connectivity index (χ0v) is 13.3. The molecule has 8 heteroatoms. The minimum atomic E-state index is -0.489. The third kappa shape index (κ3) is 3.28. The van der Waals surface area contributed by atoms with Crippen LogP contribution in [0.1, 0.15) is 30.1 Å². The molecule has 0 radical (unpaired) electrons. The van der Waals surface area contributed by atoms with Crippen molar-refractivity contribution in [2.24, 2.45) is 0 Å². The summed E-state index contributed by atoms with van der Waals surface area (Å²) in [5.74, 6) is -0.296. The van der Waals surface area contributed by atoms with Crippen LogP contribution in [0.25, 0.3) is 5.69 Å². The van der Waals surface area contributed by atoms with Crippen LogP contribution in [-0.2, 0) is 0 Å². The maximum Gasteiger partial charge on any atom is 0.294 e. The lowest BCUT2D eigenvalue weighted by Gasteiger charge is -2.30. The number of aromatic nitrogens is 2. The molecule has 1 saturated heterocycles. The van der Waals surface area contributed by atoms with Gasteiger partial charge >= 0.3 is 0 Å². The van der Waals surface area contributed by atoms with Crippen LogP contribution < -0.4 is 10.6 Å². The Labute approximate surface area is 139 Å². The van der Waals surface area contributed by atoms with Gasteiger partial charge in [-0.15, -0.1) is 0 Å². The first-order valence-corrected chi connectivity index (χ1v) is 7.87. The van der Waals surface area contributed by atoms with Gasteiger partial charge < -0.3 is 15.2 Å². The SMILES string of the molecule is CC1NCCCC1NC(=O)c1ccc(-n2ccnc2)c([N+](=O)[O-])c1. The molecule has 2 atom stereocenters. The summed E-state index contributed by atoms with van der Waals surface area (Å²) < 4.78 is 1.55. The summed E-state index contributed by atoms with van der Waals surface area (Å²) in [4.78, 5) is 27.2. The molecule has 0 spiro atoms. The molecule has 2 unspecified atom stereocenters. The van der Waals surface area contributed by atoms with Gasteiger partial charge in [0.05, 0.1) is 11.3 Å². The first-order chi connectivity index (χ1) is 11.6. The Hall–Kier alpha value is -2.74. The van der Waals surface area contributed by atoms with E-state index < -0.39 is 4.92 Å². The van der Waals surface area contributed by atoms with E-state index in [2.05, 4.69) is 15.6 Å². The summed E-state index contributed by atoms with van der Waals surface area (Å²) >= 11 is 0. The van der Waals surface area contributed by atoms with Crippen LogP contribution in [0.5, 0.6) is 0 Å². The molecule has 0 saturated carbocycles. The third-order valence-electron chi connectivity index (χ3n) is 4.30. The van der Waals surface area contributed by atoms with E-state index in [9.17, 15) is 14.9 Å². The van der Waals surface area contributed by atoms with Gasteiger partial charge in [-0.05, 0) is 38.4 Å². The number of hydrogen-bond acceptors (Lipinski definition) is 5. The van der Waals surface area contributed by atoms with Gasteiger partial charge in [0, 0.05) is 36.1 Å². The minimum absolute atomic E-state index is 0.0265. The zero-order chi connectivity index (χ0) is 17.1. The van der Waals surface area contributed by atoms with Crippen molar-refractivity contribution in [1.82, 2.24) is 20.2 Å². The lowest BCUT2D eigenvalue weighted by molar-refractivity contribution is -0.384. The van der Waals surface area contributed by atoms with Crippen molar-refractivity contribution in [3.63, 3.8) is 0 Å². The van der Waals surface area contributed by atoms with Crippen molar-refractivity contribution in [1.29, 1.82) is 0 Å². The molecule has 2 heterocycles. The topological polar surface area (TPSA) is 102 Å². The first kappa shape index (κ1) is 16.1. The van der Waals surface area contributed by atoms with Gasteiger partial charge in [0.1, 0.15) is 5.69 Å². The summed E-state index contributed by atoms with van der Waals surface area (Å²) in [6.45, 7) is 2.97. The molecule has 126 valence electrons. The van der Waals surface area contributed by atoms with E-state index in [1.807, 2.05) is 6.92 Å². The maximum absolute atomic E-state index is 12.5. The second-order valence-corrected chi connectivity index (χ2v) is 5.90. The number of imidazole rings is 1. The molecule has 0 bridgehead atoms. The van der Waals surface area contributed by atoms with E-state index in [1.54, 1.807) is 29.1 Å². The predicted octanol–water partition coefficient (Wildman–Crippen LogP) is 1.65. The zero-order valence-electron chi connectivity index (χ0n) is 13.3. The lowest BCUT2D eigenvalue weighted by atomic mass is 9.99. The number of nitro benzene ring substituents is 1. The Kier molecular flexibility index (Phi) is 4.57. The number of piperidine rings is 1. The van der Waals surface area contributed by atoms with Crippen LogP contribution in [-0.4, -0.2) is 39.0 Å². The third-order valence-corrected chi connectivity index (χ3v) is 4.30. The quantitative estimate of drug-likeness (QED) is 0.656. The Balaban J connectivity index is 1.84. The van der Waals surface area contributed by atoms with Crippen LogP contribution in [0.4, 0.5) is 5.69 Å². The highest BCUT2D eigenvalue weighted by Gasteiger charge is 2.24. The van der Waals surface area contributed by atoms with Crippen molar-refractivity contribution < 1.29 is 9.72 Å². The van der Waals surface area contributed by atoms with Gasteiger partial charge in [0.25, 0.3) is 11.6 Å². The van der Waals surface area contributed by atoms with Gasteiger partial charge in [-0.25, -0.2) is 4.98 Å². The fourth-order valence-corrected chi connectivity index (χ4v) is 2.92. The number of nitro groups is 1. The predicted molar refractivity (Wildman–Crippen MR) is 88.2 cm³/mol. The molecule has 24 heavy (non-hydrogen) atoms. The van der Waals surface area contributed by atoms with Crippen LogP contribution in [0.2, 0.25) is 0 Å². The molecule has 2 aromatic rings. The number of rotatable bonds is 4. The average molecular weight is 329 g/mol. The largest absolute Gasteiger partial charge is 0.348 e. The second kappa shape index (κ2) is 6.79. The average Bonchev–Trinajstić information content (AvgIpc) is 3.10. The van der Waals surface area contributed by atoms with Gasteiger partial charge in [0.2, 0.25) is 0 Å². The number of nitrogens with one attached hydrogen (secondary N) is 2. The Morgan fingerprint density at radius 1 is 1.50 bits per heavy atom. The molecule has 3 rings (SSSR count). The Morgan fingerprint density at radius 2 is 2.33 bits per heavy atom. The van der Waals surface area contributed by atoms with Gasteiger partial charge in [-0.3, -0.25) is 14.9 Å². The Morgan fingerprint density at radius 3 is 3.00 bits per heavy atom. The van der Waals surface area contributed by atoms with Gasteiger partial charge in [-0.2, -0.15) is 0 Å². The van der Waals surface area contributed by atoms with E-state index in [0.29, 0.717) is 5.69 Å². The summed E-state index contributed by atoms with van der Waals surface area (Å²) in [5.41, 5.74) is 0.528. The Bertz CT molecular complexity index is 744. The molecular weight excluding hydrogens is 310 g/mol. The summed E-state index contributed by atoms with van der Waals surface area (Å²) in [6.07, 6.45) is 6.54. The van der Waals surface area contributed by atoms with Crippen LogP contribution in [0.3, 0.4) is 0 Å². The van der Waals surface area contributed by atoms with Crippen molar-refractivity contribution in [3.05, 3.63) is 52.6 Å². The van der Waals surface area contributed by atoms with E-state index in [4.69, 9.17) is 0 Å². The lowest BCUT2D eigenvalue weighted by Crippen LogP contribution is -2.51. The van der Waals surface area contributed by atoms with Gasteiger partial charge in [-0.1, -0.05) is 0 Å². The van der Waals surface area contributed by atoms with Crippen molar-refractivity contribution in [2.45, 2.75) is 31.8 Å². The summed E-state index contributed by atoms with van der Waals surface area (Å²) in [7, 11) is 0.